The topological polar surface area (TPSA) is 104 Å². The number of halogens is 1. The summed E-state index contributed by atoms with van der Waals surface area (Å²) in [4.78, 5) is 19.8. The molecule has 1 amide bonds. The highest BCUT2D eigenvalue weighted by Crippen LogP contribution is 2.33. The van der Waals surface area contributed by atoms with E-state index in [1.807, 2.05) is 31.2 Å². The summed E-state index contributed by atoms with van der Waals surface area (Å²) in [7, 11) is -4.04. The lowest BCUT2D eigenvalue weighted by atomic mass is 9.89. The van der Waals surface area contributed by atoms with E-state index in [0.717, 1.165) is 41.2 Å². The van der Waals surface area contributed by atoms with Crippen molar-refractivity contribution in [2.24, 2.45) is 0 Å². The summed E-state index contributed by atoms with van der Waals surface area (Å²) in [6.45, 7) is 6.45. The van der Waals surface area contributed by atoms with E-state index in [-0.39, 0.29) is 22.7 Å². The Balaban J connectivity index is 1.44. The third kappa shape index (κ3) is 6.00. The van der Waals surface area contributed by atoms with Crippen LogP contribution in [-0.2, 0) is 10.0 Å². The van der Waals surface area contributed by atoms with Gasteiger partial charge in [-0.3, -0.25) is 9.52 Å². The minimum Gasteiger partial charge on any atom is -0.355 e. The van der Waals surface area contributed by atoms with Gasteiger partial charge < -0.3 is 10.2 Å². The van der Waals surface area contributed by atoms with Gasteiger partial charge in [0.25, 0.3) is 15.9 Å². The first-order valence-electron chi connectivity index (χ1n) is 12.9. The highest BCUT2D eigenvalue weighted by molar-refractivity contribution is 7.92. The smallest absolute Gasteiger partial charge is 0.280 e. The van der Waals surface area contributed by atoms with Gasteiger partial charge in [0.2, 0.25) is 0 Å². The van der Waals surface area contributed by atoms with Crippen molar-refractivity contribution in [3.8, 4) is 0 Å². The minimum absolute atomic E-state index is 0.167. The average Bonchev–Trinajstić information content (AvgIpc) is 3.34. The van der Waals surface area contributed by atoms with Crippen LogP contribution in [0.25, 0.3) is 0 Å². The highest BCUT2D eigenvalue weighted by Gasteiger charge is 2.30. The molecule has 0 aliphatic carbocycles. The van der Waals surface area contributed by atoms with E-state index in [1.165, 1.54) is 18.3 Å². The van der Waals surface area contributed by atoms with E-state index in [0.29, 0.717) is 40.6 Å². The van der Waals surface area contributed by atoms with Crippen molar-refractivity contribution in [3.05, 3.63) is 94.6 Å². The third-order valence-corrected chi connectivity index (χ3v) is 9.40. The Bertz CT molecular complexity index is 1630. The monoisotopic (exact) mass is 579 g/mol. The van der Waals surface area contributed by atoms with Gasteiger partial charge >= 0.3 is 0 Å². The number of amides is 1. The SMILES string of the molecule is Cc1ccc(Nc2c(C(=O)N3CCC(c4ccc(F)cc4)CC3)cnc(S(=O)(=O)Nc3cc(C)ns3)c2C)cc1. The van der Waals surface area contributed by atoms with Gasteiger partial charge in [-0.15, -0.1) is 0 Å². The molecular weight excluding hydrogens is 549 g/mol. The molecule has 3 heterocycles. The lowest BCUT2D eigenvalue weighted by molar-refractivity contribution is 0.0713. The van der Waals surface area contributed by atoms with Crippen LogP contribution in [0.4, 0.5) is 20.8 Å². The van der Waals surface area contributed by atoms with Gasteiger partial charge in [0, 0.05) is 30.5 Å². The van der Waals surface area contributed by atoms with Gasteiger partial charge in [0.15, 0.2) is 5.03 Å². The van der Waals surface area contributed by atoms with Crippen LogP contribution in [-0.4, -0.2) is 41.7 Å². The molecule has 0 bridgehead atoms. The number of sulfonamides is 1. The number of rotatable bonds is 7. The predicted molar refractivity (Wildman–Crippen MR) is 155 cm³/mol. The van der Waals surface area contributed by atoms with Gasteiger partial charge in [0.05, 0.1) is 16.9 Å². The molecule has 2 aromatic carbocycles. The Hall–Kier alpha value is -3.83. The van der Waals surface area contributed by atoms with Gasteiger partial charge in [-0.1, -0.05) is 29.8 Å². The first-order valence-corrected chi connectivity index (χ1v) is 15.2. The van der Waals surface area contributed by atoms with E-state index in [4.69, 9.17) is 0 Å². The molecular formula is C29H30FN5O3S2. The van der Waals surface area contributed by atoms with E-state index in [9.17, 15) is 17.6 Å². The van der Waals surface area contributed by atoms with Crippen molar-refractivity contribution in [2.45, 2.75) is 44.6 Å². The Morgan fingerprint density at radius 1 is 1.02 bits per heavy atom. The van der Waals surface area contributed by atoms with Crippen molar-refractivity contribution in [1.82, 2.24) is 14.3 Å². The number of piperidine rings is 1. The highest BCUT2D eigenvalue weighted by atomic mass is 32.2. The fourth-order valence-electron chi connectivity index (χ4n) is 4.88. The zero-order valence-electron chi connectivity index (χ0n) is 22.4. The van der Waals surface area contributed by atoms with Crippen LogP contribution in [0.15, 0.2) is 65.8 Å². The predicted octanol–water partition coefficient (Wildman–Crippen LogP) is 6.17. The van der Waals surface area contributed by atoms with Crippen molar-refractivity contribution < 1.29 is 17.6 Å². The van der Waals surface area contributed by atoms with Crippen LogP contribution >= 0.6 is 11.5 Å². The van der Waals surface area contributed by atoms with Crippen LogP contribution in [0.1, 0.15) is 51.5 Å². The summed E-state index contributed by atoms with van der Waals surface area (Å²) in [5.74, 6) is -0.253. The first kappa shape index (κ1) is 27.7. The Morgan fingerprint density at radius 3 is 2.33 bits per heavy atom. The molecule has 1 aliphatic heterocycles. The number of carbonyl (C=O) groups is 1. The molecule has 2 aromatic heterocycles. The molecule has 1 saturated heterocycles. The lowest BCUT2D eigenvalue weighted by Gasteiger charge is -2.33. The van der Waals surface area contributed by atoms with Crippen molar-refractivity contribution in [3.63, 3.8) is 0 Å². The number of aromatic nitrogens is 2. The summed E-state index contributed by atoms with van der Waals surface area (Å²) in [5, 5.41) is 3.50. The number of anilines is 3. The van der Waals surface area contributed by atoms with E-state index >= 15 is 0 Å². The number of aryl methyl sites for hydroxylation is 2. The van der Waals surface area contributed by atoms with Gasteiger partial charge in [-0.05, 0) is 87.0 Å². The molecule has 4 aromatic rings. The summed E-state index contributed by atoms with van der Waals surface area (Å²) in [5.41, 5.74) is 4.59. The number of hydrogen-bond donors (Lipinski definition) is 2. The second-order valence-electron chi connectivity index (χ2n) is 10.0. The van der Waals surface area contributed by atoms with E-state index in [2.05, 4.69) is 19.4 Å². The zero-order valence-corrected chi connectivity index (χ0v) is 24.1. The van der Waals surface area contributed by atoms with Gasteiger partial charge in [0.1, 0.15) is 10.8 Å². The summed E-state index contributed by atoms with van der Waals surface area (Å²) >= 11 is 1.05. The maximum absolute atomic E-state index is 13.8. The van der Waals surface area contributed by atoms with Crippen LogP contribution in [0.5, 0.6) is 0 Å². The molecule has 8 nitrogen and oxygen atoms in total. The molecule has 0 radical (unpaired) electrons. The molecule has 1 fully saturated rings. The molecule has 40 heavy (non-hydrogen) atoms. The lowest BCUT2D eigenvalue weighted by Crippen LogP contribution is -2.38. The summed E-state index contributed by atoms with van der Waals surface area (Å²) in [6.07, 6.45) is 2.83. The number of carbonyl (C=O) groups excluding carboxylic acids is 1. The fraction of sp³-hybridized carbons (Fsp3) is 0.276. The van der Waals surface area contributed by atoms with Crippen LogP contribution in [0.2, 0.25) is 0 Å². The molecule has 2 N–H and O–H groups in total. The number of benzene rings is 2. The van der Waals surface area contributed by atoms with E-state index in [1.54, 1.807) is 36.9 Å². The standard InChI is InChI=1S/C29H30FN5O3S2/c1-18-4-10-24(11-5-18)32-27-20(3)28(40(37,38)34-26-16-19(2)33-39-26)31-17-25(27)29(36)35-14-12-22(13-15-35)21-6-8-23(30)9-7-21/h4-11,16-17,22,34H,12-15H2,1-3H3,(H,31,32). The molecule has 5 rings (SSSR count). The number of pyridine rings is 1. The normalized spacial score (nSPS) is 14.2. The Morgan fingerprint density at radius 2 is 1.70 bits per heavy atom. The number of nitrogens with one attached hydrogen (secondary N) is 2. The molecule has 0 atom stereocenters. The Labute approximate surface area is 237 Å². The largest absolute Gasteiger partial charge is 0.355 e. The maximum atomic E-state index is 13.8. The van der Waals surface area contributed by atoms with Crippen molar-refractivity contribution in [2.75, 3.05) is 23.1 Å². The van der Waals surface area contributed by atoms with Crippen LogP contribution in [0.3, 0.4) is 0 Å². The first-order chi connectivity index (χ1) is 19.1. The fourth-order valence-corrected chi connectivity index (χ4v) is 7.00. The molecule has 1 aliphatic rings. The van der Waals surface area contributed by atoms with Gasteiger partial charge in [-0.2, -0.15) is 12.8 Å². The number of likely N-dealkylation sites (tertiary alicyclic amines) is 1. The average molecular weight is 580 g/mol. The summed E-state index contributed by atoms with van der Waals surface area (Å²) in [6, 6.07) is 15.8. The summed E-state index contributed by atoms with van der Waals surface area (Å²) < 4.78 is 46.7. The molecule has 0 spiro atoms. The van der Waals surface area contributed by atoms with Crippen LogP contribution < -0.4 is 10.0 Å². The maximum Gasteiger partial charge on any atom is 0.280 e. The van der Waals surface area contributed by atoms with E-state index < -0.39 is 10.0 Å². The molecule has 208 valence electrons. The molecule has 0 saturated carbocycles. The Kier molecular flexibility index (Phi) is 7.86. The van der Waals surface area contributed by atoms with Crippen LogP contribution in [0, 0.1) is 26.6 Å². The number of nitrogens with zero attached hydrogens (tertiary/aromatic N) is 3. The van der Waals surface area contributed by atoms with Gasteiger partial charge in [-0.25, -0.2) is 9.37 Å². The van der Waals surface area contributed by atoms with Crippen molar-refractivity contribution in [1.29, 1.82) is 0 Å². The molecule has 0 unspecified atom stereocenters. The van der Waals surface area contributed by atoms with Crippen molar-refractivity contribution >= 4 is 43.8 Å². The molecule has 11 heteroatoms. The minimum atomic E-state index is -4.04. The second-order valence-corrected chi connectivity index (χ2v) is 12.4. The third-order valence-electron chi connectivity index (χ3n) is 7.07. The second kappa shape index (κ2) is 11.3. The zero-order chi connectivity index (χ0) is 28.4. The quantitative estimate of drug-likeness (QED) is 0.272. The number of hydrogen-bond acceptors (Lipinski definition) is 7.